The predicted molar refractivity (Wildman–Crippen MR) is 31.7 cm³/mol. The fourth-order valence-corrected chi connectivity index (χ4v) is 0.673. The van der Waals surface area contributed by atoms with E-state index in [-0.39, 0.29) is 11.0 Å². The molecule has 0 saturated carbocycles. The molecule has 1 aliphatic rings. The number of halogens is 2. The highest BCUT2D eigenvalue weighted by Crippen LogP contribution is 2.19. The maximum atomic E-state index is 12.2. The molecular weight excluding hydrogens is 129 g/mol. The quantitative estimate of drug-likeness (QED) is 0.450. The van der Waals surface area contributed by atoms with Gasteiger partial charge in [0, 0.05) is 12.6 Å². The van der Waals surface area contributed by atoms with Gasteiger partial charge in [-0.05, 0) is 6.42 Å². The Morgan fingerprint density at radius 2 is 2.50 bits per heavy atom. The minimum absolute atomic E-state index is 0.0104. The van der Waals surface area contributed by atoms with Gasteiger partial charge in [-0.2, -0.15) is 0 Å². The Hall–Kier alpha value is -0.370. The normalized spacial score (nSPS) is 19.8. The Kier molecular flexibility index (Phi) is 1.63. The van der Waals surface area contributed by atoms with Crippen molar-refractivity contribution in [2.75, 3.05) is 0 Å². The third-order valence-corrected chi connectivity index (χ3v) is 1.22. The minimum atomic E-state index is -0.297. The third kappa shape index (κ3) is 1.07. The zero-order chi connectivity index (χ0) is 5.98. The van der Waals surface area contributed by atoms with Crippen LogP contribution >= 0.6 is 11.6 Å². The van der Waals surface area contributed by atoms with Crippen molar-refractivity contribution in [3.63, 3.8) is 0 Å². The molecule has 1 nitrogen and oxygen atoms in total. The summed E-state index contributed by atoms with van der Waals surface area (Å²) in [7, 11) is 0. The Morgan fingerprint density at radius 1 is 1.75 bits per heavy atom. The summed E-state index contributed by atoms with van der Waals surface area (Å²) in [6.07, 6.45) is 2.69. The molecule has 0 N–H and O–H groups in total. The van der Waals surface area contributed by atoms with Crippen molar-refractivity contribution in [2.24, 2.45) is 4.99 Å². The van der Waals surface area contributed by atoms with Crippen molar-refractivity contribution >= 4 is 17.8 Å². The molecule has 0 atom stereocenters. The van der Waals surface area contributed by atoms with Crippen LogP contribution in [0.15, 0.2) is 16.0 Å². The number of hydrogen-bond acceptors (Lipinski definition) is 1. The van der Waals surface area contributed by atoms with Gasteiger partial charge in [-0.25, -0.2) is 9.38 Å². The summed E-state index contributed by atoms with van der Waals surface area (Å²) in [6.45, 7) is 0. The molecule has 0 fully saturated rings. The molecule has 0 radical (unpaired) electrons. The van der Waals surface area contributed by atoms with E-state index in [1.807, 2.05) is 0 Å². The summed E-state index contributed by atoms with van der Waals surface area (Å²) in [6, 6.07) is 0. The molecule has 0 spiro atoms. The third-order valence-electron chi connectivity index (χ3n) is 0.921. The van der Waals surface area contributed by atoms with Crippen molar-refractivity contribution in [2.45, 2.75) is 12.8 Å². The van der Waals surface area contributed by atoms with Crippen molar-refractivity contribution < 1.29 is 4.39 Å². The van der Waals surface area contributed by atoms with E-state index in [2.05, 4.69) is 4.99 Å². The van der Waals surface area contributed by atoms with Gasteiger partial charge in [0.2, 0.25) is 0 Å². The molecule has 1 aliphatic heterocycles. The average Bonchev–Trinajstić information content (AvgIpc) is 1.77. The molecule has 0 saturated heterocycles. The highest BCUT2D eigenvalue weighted by Gasteiger charge is 2.04. The second kappa shape index (κ2) is 2.27. The summed E-state index contributed by atoms with van der Waals surface area (Å²) in [5, 5.41) is 0.0104. The number of hydrogen-bond donors (Lipinski definition) is 0. The van der Waals surface area contributed by atoms with E-state index in [4.69, 9.17) is 11.6 Å². The first-order chi connectivity index (χ1) is 3.80. The molecule has 1 heterocycles. The van der Waals surface area contributed by atoms with Gasteiger partial charge in [-0.3, -0.25) is 0 Å². The monoisotopic (exact) mass is 133 g/mol. The Bertz CT molecular complexity index is 151. The lowest BCUT2D eigenvalue weighted by molar-refractivity contribution is 0.585. The van der Waals surface area contributed by atoms with Crippen LogP contribution in [-0.2, 0) is 0 Å². The van der Waals surface area contributed by atoms with Crippen LogP contribution < -0.4 is 0 Å². The Morgan fingerprint density at radius 3 is 2.88 bits per heavy atom. The van der Waals surface area contributed by atoms with Crippen molar-refractivity contribution in [3.05, 3.63) is 11.0 Å². The highest BCUT2D eigenvalue weighted by atomic mass is 35.5. The molecule has 1 rings (SSSR count). The van der Waals surface area contributed by atoms with Gasteiger partial charge >= 0.3 is 0 Å². The van der Waals surface area contributed by atoms with E-state index in [1.54, 1.807) is 6.21 Å². The molecule has 0 bridgehead atoms. The van der Waals surface area contributed by atoms with E-state index in [0.29, 0.717) is 12.8 Å². The fourth-order valence-electron chi connectivity index (χ4n) is 0.509. The molecule has 44 valence electrons. The van der Waals surface area contributed by atoms with Gasteiger partial charge < -0.3 is 0 Å². The maximum absolute atomic E-state index is 12.2. The smallest absolute Gasteiger partial charge is 0.160 e. The van der Waals surface area contributed by atoms with E-state index >= 15 is 0 Å². The van der Waals surface area contributed by atoms with Crippen LogP contribution in [0.1, 0.15) is 12.8 Å². The summed E-state index contributed by atoms with van der Waals surface area (Å²) in [5.41, 5.74) is 0. The molecular formula is C5H5ClFN. The molecule has 3 heteroatoms. The SMILES string of the molecule is FC1=C(Cl)N=CCC1. The largest absolute Gasteiger partial charge is 0.246 e. The molecule has 0 aromatic carbocycles. The highest BCUT2D eigenvalue weighted by molar-refractivity contribution is 6.30. The standard InChI is InChI=1S/C5H5ClFN/c6-5-4(7)2-1-3-8-5/h3H,1-2H2. The van der Waals surface area contributed by atoms with Gasteiger partial charge in [-0.15, -0.1) is 0 Å². The molecule has 0 unspecified atom stereocenters. The molecule has 0 aromatic rings. The Balaban J connectivity index is 2.76. The van der Waals surface area contributed by atoms with Gasteiger partial charge in [0.1, 0.15) is 5.83 Å². The van der Waals surface area contributed by atoms with Crippen LogP contribution in [0, 0.1) is 0 Å². The van der Waals surface area contributed by atoms with Crippen LogP contribution in [0.4, 0.5) is 4.39 Å². The second-order valence-electron chi connectivity index (χ2n) is 1.55. The zero-order valence-electron chi connectivity index (χ0n) is 4.19. The van der Waals surface area contributed by atoms with Crippen LogP contribution in [0.3, 0.4) is 0 Å². The van der Waals surface area contributed by atoms with Crippen molar-refractivity contribution in [1.29, 1.82) is 0 Å². The molecule has 0 aliphatic carbocycles. The number of aliphatic imine (C=N–C) groups is 1. The summed E-state index contributed by atoms with van der Waals surface area (Å²) < 4.78 is 12.2. The van der Waals surface area contributed by atoms with E-state index in [0.717, 1.165) is 0 Å². The first-order valence-electron chi connectivity index (χ1n) is 2.37. The van der Waals surface area contributed by atoms with Crippen molar-refractivity contribution in [3.8, 4) is 0 Å². The number of rotatable bonds is 0. The van der Waals surface area contributed by atoms with E-state index < -0.39 is 0 Å². The average molecular weight is 134 g/mol. The maximum Gasteiger partial charge on any atom is 0.160 e. The topological polar surface area (TPSA) is 12.4 Å². The predicted octanol–water partition coefficient (Wildman–Crippen LogP) is 2.23. The van der Waals surface area contributed by atoms with E-state index in [1.165, 1.54) is 0 Å². The molecule has 0 aromatic heterocycles. The summed E-state index contributed by atoms with van der Waals surface area (Å²) in [5.74, 6) is -0.297. The lowest BCUT2D eigenvalue weighted by atomic mass is 10.3. The number of allylic oxidation sites excluding steroid dienone is 1. The van der Waals surface area contributed by atoms with Gasteiger partial charge in [0.05, 0.1) is 0 Å². The van der Waals surface area contributed by atoms with Gasteiger partial charge in [0.25, 0.3) is 0 Å². The molecule has 0 amide bonds. The van der Waals surface area contributed by atoms with Gasteiger partial charge in [-0.1, -0.05) is 11.6 Å². The fraction of sp³-hybridized carbons (Fsp3) is 0.400. The lowest BCUT2D eigenvalue weighted by Gasteiger charge is -1.99. The van der Waals surface area contributed by atoms with Gasteiger partial charge in [0.15, 0.2) is 5.16 Å². The first kappa shape index (κ1) is 5.76. The molecule has 8 heavy (non-hydrogen) atoms. The number of nitrogens with zero attached hydrogens (tertiary/aromatic N) is 1. The van der Waals surface area contributed by atoms with Crippen LogP contribution in [0.5, 0.6) is 0 Å². The second-order valence-corrected chi connectivity index (χ2v) is 1.90. The zero-order valence-corrected chi connectivity index (χ0v) is 4.95. The van der Waals surface area contributed by atoms with Crippen LogP contribution in [-0.4, -0.2) is 6.21 Å². The minimum Gasteiger partial charge on any atom is -0.246 e. The van der Waals surface area contributed by atoms with E-state index in [9.17, 15) is 4.39 Å². The van der Waals surface area contributed by atoms with Crippen LogP contribution in [0.2, 0.25) is 0 Å². The van der Waals surface area contributed by atoms with Crippen molar-refractivity contribution in [1.82, 2.24) is 0 Å². The lowest BCUT2D eigenvalue weighted by Crippen LogP contribution is -1.87. The first-order valence-corrected chi connectivity index (χ1v) is 2.75. The Labute approximate surface area is 51.9 Å². The summed E-state index contributed by atoms with van der Waals surface area (Å²) in [4.78, 5) is 3.56. The van der Waals surface area contributed by atoms with Crippen LogP contribution in [0.25, 0.3) is 0 Å². The summed E-state index contributed by atoms with van der Waals surface area (Å²) >= 11 is 5.27.